The molecule has 34 nitrogen and oxygen atoms in total. The number of hydrogen-bond donors (Lipinski definition) is 7. The molecule has 0 radical (unpaired) electrons. The third kappa shape index (κ3) is 25.4. The second-order valence-electron chi connectivity index (χ2n) is 33.6. The van der Waals surface area contributed by atoms with Gasteiger partial charge in [0.25, 0.3) is 11.8 Å². The third-order valence-electron chi connectivity index (χ3n) is 24.8. The lowest BCUT2D eigenvalue weighted by atomic mass is 9.81. The van der Waals surface area contributed by atoms with Gasteiger partial charge in [0, 0.05) is 122 Å². The zero-order valence-electron chi connectivity index (χ0n) is 69.5. The van der Waals surface area contributed by atoms with Crippen molar-refractivity contribution in [2.45, 2.75) is 239 Å². The Morgan fingerprint density at radius 1 is 0.603 bits per heavy atom. The summed E-state index contributed by atoms with van der Waals surface area (Å²) in [5.74, 6) is -4.94. The van der Waals surface area contributed by atoms with Crippen molar-refractivity contribution in [3.05, 3.63) is 102 Å². The van der Waals surface area contributed by atoms with E-state index >= 15 is 0 Å². The molecule has 12 aliphatic rings. The van der Waals surface area contributed by atoms with E-state index in [0.717, 1.165) is 43.3 Å². The summed E-state index contributed by atoms with van der Waals surface area (Å²) in [4.78, 5) is 136. The Balaban J connectivity index is 0.518. The number of methoxy groups -OCH3 is 1. The van der Waals surface area contributed by atoms with Crippen LogP contribution in [0.4, 0.5) is 10.5 Å². The molecule has 12 aliphatic heterocycles. The van der Waals surface area contributed by atoms with Gasteiger partial charge in [-0.05, 0) is 98.1 Å². The van der Waals surface area contributed by atoms with Crippen LogP contribution >= 0.6 is 0 Å². The van der Waals surface area contributed by atoms with Gasteiger partial charge in [-0.3, -0.25) is 53.0 Å². The lowest BCUT2D eigenvalue weighted by molar-refractivity contribution is -0.292. The quantitative estimate of drug-likeness (QED) is 0.0404. The number of ketones is 1. The van der Waals surface area contributed by atoms with Crippen LogP contribution in [-0.4, -0.2) is 314 Å². The summed E-state index contributed by atoms with van der Waals surface area (Å²) >= 11 is 0. The van der Waals surface area contributed by atoms with Gasteiger partial charge in [-0.2, -0.15) is 0 Å². The first-order valence-electron chi connectivity index (χ1n) is 43.2. The number of hydrogen-bond acceptors (Lipinski definition) is 26. The number of aliphatic hydroxyl groups excluding tert-OH is 1. The number of Topliss-reactive ketones (excluding diaryl/α,β-unsaturated/α-hetero) is 1. The topological polar surface area (TPSA) is 402 Å². The van der Waals surface area contributed by atoms with E-state index in [-0.39, 0.29) is 183 Å². The monoisotopic (exact) mass is 1690 g/mol. The molecule has 0 aromatic heterocycles. The third-order valence-corrected chi connectivity index (χ3v) is 24.8. The van der Waals surface area contributed by atoms with Crippen molar-refractivity contribution >= 4 is 64.8 Å². The summed E-state index contributed by atoms with van der Waals surface area (Å²) in [6.45, 7) is 13.1. The van der Waals surface area contributed by atoms with E-state index in [1.807, 2.05) is 0 Å². The van der Waals surface area contributed by atoms with Gasteiger partial charge in [0.2, 0.25) is 35.4 Å². The first kappa shape index (κ1) is 90.7. The van der Waals surface area contributed by atoms with Gasteiger partial charge in [0.15, 0.2) is 5.79 Å². The Bertz CT molecular complexity index is 3900. The molecule has 0 saturated carbocycles. The first-order valence-corrected chi connectivity index (χ1v) is 43.2. The molecule has 121 heavy (non-hydrogen) atoms. The molecule has 20 atom stereocenters. The maximum Gasteiger partial charge on any atom is 0.407 e. The highest BCUT2D eigenvalue weighted by Gasteiger charge is 2.69. The number of amides is 9. The standard InChI is InChI=1S/C87H121N9O25/c1-53-39-61-18-20-66-54(2)40-63(114-66)24-25-87-46-71-81(120-87)82-83(119-71)84(121-87)80-67(118-82)21-19-62(116-80)42-59(97)43-64-69(45-68(115-61)55(53)3)117-70(79(64)108-4)44-60(98)47-91-86(107)113-52-57-14-16-58(17-15-57)92-73(100)50-90-85(106)65(41-56-11-7-5-8-12-56)93-74(101)49-88-72(99)48-89-75(102)51-94-27-31-109-35-37-111-33-29-95(30-34-112-38-36-110-32-28-94)76(103)13-9-6-10-26-96-77(104)22-23-78(96)105/h5,7-8,11-12,14-17,22-23,53,60-71,79-84,98H,2-3,6,9-10,13,18-21,24-52H2,1,4H3,(H,88,99)(H,89,102)(H,90,106)(H,91,107)(H,92,100)(H,93,101)/t53-,60+,61+,62-,63+,64+,65+,66+,67+,68-,69+,70-,71-,79-,80+,81+,82?,83?,84+,87+/m1/s1. The minimum atomic E-state index is -1.16. The number of nitrogens with zero attached hydrogens (tertiary/aromatic N) is 3. The maximum atomic E-state index is 14.6. The Kier molecular flexibility index (Phi) is 33.0. The van der Waals surface area contributed by atoms with Crippen LogP contribution in [-0.2, 0) is 122 Å². The van der Waals surface area contributed by atoms with E-state index in [1.54, 1.807) is 71.5 Å². The molecule has 7 N–H and O–H groups in total. The summed E-state index contributed by atoms with van der Waals surface area (Å²) < 4.78 is 89.6. The molecular formula is C87H121N9O25. The van der Waals surface area contributed by atoms with Gasteiger partial charge in [0.1, 0.15) is 49.0 Å². The lowest BCUT2D eigenvalue weighted by Crippen LogP contribution is -2.61. The fourth-order valence-electron chi connectivity index (χ4n) is 18.4. The number of ether oxygens (including phenoxy) is 14. The van der Waals surface area contributed by atoms with Crippen molar-refractivity contribution < 1.29 is 119 Å². The lowest BCUT2D eigenvalue weighted by Gasteiger charge is -2.47. The van der Waals surface area contributed by atoms with E-state index in [1.165, 1.54) is 17.1 Å². The number of alkyl carbamates (subject to hydrolysis) is 1. The summed E-state index contributed by atoms with van der Waals surface area (Å²) in [6.07, 6.45) is 5.05. The first-order chi connectivity index (χ1) is 58.6. The van der Waals surface area contributed by atoms with Crippen LogP contribution in [0.5, 0.6) is 0 Å². The largest absolute Gasteiger partial charge is 0.445 e. The summed E-state index contributed by atoms with van der Waals surface area (Å²) in [6, 6.07) is 14.2. The molecule has 14 rings (SSSR count). The minimum absolute atomic E-state index is 0.00952. The zero-order valence-corrected chi connectivity index (χ0v) is 69.5. The van der Waals surface area contributed by atoms with E-state index in [2.05, 4.69) is 52.0 Å². The average Bonchev–Trinajstić information content (AvgIpc) is 1.54. The van der Waals surface area contributed by atoms with Crippen molar-refractivity contribution in [1.29, 1.82) is 0 Å². The predicted octanol–water partition coefficient (Wildman–Crippen LogP) is 3.12. The molecule has 664 valence electrons. The normalized spacial score (nSPS) is 31.8. The smallest absolute Gasteiger partial charge is 0.407 e. The number of nitrogens with one attached hydrogen (secondary N) is 6. The number of anilines is 1. The van der Waals surface area contributed by atoms with Crippen molar-refractivity contribution in [3.8, 4) is 0 Å². The average molecular weight is 1690 g/mol. The Morgan fingerprint density at radius 3 is 2.00 bits per heavy atom. The molecule has 0 aliphatic carbocycles. The Morgan fingerprint density at radius 2 is 1.26 bits per heavy atom. The van der Waals surface area contributed by atoms with Crippen LogP contribution in [0.15, 0.2) is 91.1 Å². The second-order valence-corrected chi connectivity index (χ2v) is 33.6. The molecule has 11 fully saturated rings. The summed E-state index contributed by atoms with van der Waals surface area (Å²) in [5, 5.41) is 27.2. The molecule has 12 bridgehead atoms. The minimum Gasteiger partial charge on any atom is -0.445 e. The molecule has 2 aromatic carbocycles. The number of unbranched alkanes of at least 4 members (excludes halogenated alkanes) is 2. The van der Waals surface area contributed by atoms with Gasteiger partial charge >= 0.3 is 6.09 Å². The van der Waals surface area contributed by atoms with Crippen LogP contribution in [0, 0.1) is 11.8 Å². The number of benzene rings is 2. The van der Waals surface area contributed by atoms with Gasteiger partial charge in [-0.1, -0.05) is 69.0 Å². The number of rotatable bonds is 26. The molecule has 11 saturated heterocycles. The van der Waals surface area contributed by atoms with E-state index in [4.69, 9.17) is 66.3 Å². The number of carbonyl (C=O) groups is 10. The molecule has 2 unspecified atom stereocenters. The van der Waals surface area contributed by atoms with E-state index in [9.17, 15) is 53.1 Å². The second kappa shape index (κ2) is 44.0. The molecule has 12 heterocycles. The van der Waals surface area contributed by atoms with Gasteiger partial charge in [-0.25, -0.2) is 4.79 Å². The Hall–Kier alpha value is -8.04. The van der Waals surface area contributed by atoms with Crippen LogP contribution in [0.3, 0.4) is 0 Å². The van der Waals surface area contributed by atoms with Crippen molar-refractivity contribution in [1.82, 2.24) is 41.3 Å². The molecule has 9 amide bonds. The molecule has 2 aromatic rings. The zero-order chi connectivity index (χ0) is 84.9. The van der Waals surface area contributed by atoms with Crippen LogP contribution in [0.2, 0.25) is 0 Å². The molecule has 1 spiro atoms. The van der Waals surface area contributed by atoms with Gasteiger partial charge in [0.05, 0.1) is 146 Å². The van der Waals surface area contributed by atoms with E-state index in [0.29, 0.717) is 107 Å². The van der Waals surface area contributed by atoms with E-state index < -0.39 is 116 Å². The predicted molar refractivity (Wildman–Crippen MR) is 432 cm³/mol. The van der Waals surface area contributed by atoms with Gasteiger partial charge < -0.3 is 108 Å². The SMILES string of the molecule is C=C1C[C@@H]2CC[C@@]34C[C@H]5OC6C(O[C@H]7CC[C@H](CC(=O)C[C@@H]8[C@@H](OC)[C@@H](C[C@H](O)CNC(=O)OCc9ccc(NC(=O)CNC(=O)[C@H](Cc%10ccccc%10)NC(=O)CNC(=O)CNC(=O)CN%10CCOCCOCCN(C(=O)CCCCCN%11C(=O)C=CC%11=O)CCOCCOCC%10)cc9)O[C@H]8C[C@H]8O[C@@H](CC[C@@H]1O2)C[C@@H](C)C8=C)O[C@@H]7[C@@H]6O3)[C@H]5O4. The highest BCUT2D eigenvalue weighted by molar-refractivity contribution is 6.12. The highest BCUT2D eigenvalue weighted by atomic mass is 16.8. The summed E-state index contributed by atoms with van der Waals surface area (Å²) in [7, 11) is 1.58. The highest BCUT2D eigenvalue weighted by Crippen LogP contribution is 2.55. The Labute approximate surface area is 705 Å². The van der Waals surface area contributed by atoms with Crippen LogP contribution < -0.4 is 31.9 Å². The van der Waals surface area contributed by atoms with Crippen molar-refractivity contribution in [3.63, 3.8) is 0 Å². The van der Waals surface area contributed by atoms with Crippen molar-refractivity contribution in [2.75, 3.05) is 131 Å². The summed E-state index contributed by atoms with van der Waals surface area (Å²) in [5.41, 5.74) is 3.68. The molecular weight excluding hydrogens is 1570 g/mol. The number of imide groups is 1. The van der Waals surface area contributed by atoms with Crippen molar-refractivity contribution in [2.24, 2.45) is 11.8 Å². The number of aliphatic hydroxyl groups is 1. The number of carbonyl (C=O) groups excluding carboxylic acids is 10. The van der Waals surface area contributed by atoms with Crippen LogP contribution in [0.25, 0.3) is 0 Å². The van der Waals surface area contributed by atoms with Crippen LogP contribution in [0.1, 0.15) is 127 Å². The van der Waals surface area contributed by atoms with Gasteiger partial charge in [-0.15, -0.1) is 0 Å². The fraction of sp³-hybridized carbons (Fsp3) is 0.678. The molecule has 34 heteroatoms. The fourth-order valence-corrected chi connectivity index (χ4v) is 18.4. The number of fused-ring (bicyclic) bond motifs is 6. The maximum absolute atomic E-state index is 14.6.